The SMILES string of the molecule is COc1ccc(Br)c(C(=O)Nc2cc(N3CCNCC3)c3occc3c2)c1.Cl. The molecule has 6 nitrogen and oxygen atoms in total. The maximum atomic E-state index is 12.8. The van der Waals surface area contributed by atoms with E-state index in [4.69, 9.17) is 9.15 Å². The third-order valence-electron chi connectivity index (χ3n) is 4.67. The Bertz CT molecular complexity index is 986. The van der Waals surface area contributed by atoms with E-state index in [2.05, 4.69) is 31.5 Å². The molecule has 2 heterocycles. The molecular formula is C20H21BrClN3O3. The number of hydrogen-bond acceptors (Lipinski definition) is 5. The summed E-state index contributed by atoms with van der Waals surface area (Å²) in [6.45, 7) is 3.65. The largest absolute Gasteiger partial charge is 0.497 e. The van der Waals surface area contributed by atoms with Gasteiger partial charge in [0.2, 0.25) is 0 Å². The Kier molecular flexibility index (Phi) is 6.49. The fraction of sp³-hybridized carbons (Fsp3) is 0.250. The van der Waals surface area contributed by atoms with Crippen LogP contribution in [-0.2, 0) is 0 Å². The molecule has 0 spiro atoms. The first-order valence-electron chi connectivity index (χ1n) is 8.77. The van der Waals surface area contributed by atoms with Gasteiger partial charge in [-0.15, -0.1) is 12.4 Å². The first-order valence-corrected chi connectivity index (χ1v) is 9.57. The van der Waals surface area contributed by atoms with Crippen LogP contribution in [0.4, 0.5) is 11.4 Å². The predicted molar refractivity (Wildman–Crippen MR) is 117 cm³/mol. The van der Waals surface area contributed by atoms with Gasteiger partial charge in [0.15, 0.2) is 5.58 Å². The van der Waals surface area contributed by atoms with Gasteiger partial charge in [0.1, 0.15) is 5.75 Å². The Balaban J connectivity index is 0.00000225. The van der Waals surface area contributed by atoms with Crippen LogP contribution in [0.15, 0.2) is 51.6 Å². The normalized spacial score (nSPS) is 13.9. The average Bonchev–Trinajstić information content (AvgIpc) is 3.17. The number of methoxy groups -OCH3 is 1. The molecule has 1 aromatic heterocycles. The summed E-state index contributed by atoms with van der Waals surface area (Å²) in [5, 5.41) is 7.32. The van der Waals surface area contributed by atoms with E-state index in [9.17, 15) is 4.79 Å². The molecule has 4 rings (SSSR count). The molecule has 8 heteroatoms. The Morgan fingerprint density at radius 1 is 1.21 bits per heavy atom. The molecular weight excluding hydrogens is 446 g/mol. The lowest BCUT2D eigenvalue weighted by atomic mass is 10.1. The molecule has 2 aromatic carbocycles. The Morgan fingerprint density at radius 2 is 2.00 bits per heavy atom. The van der Waals surface area contributed by atoms with Crippen LogP contribution in [0.25, 0.3) is 11.0 Å². The molecule has 1 saturated heterocycles. The van der Waals surface area contributed by atoms with Gasteiger partial charge in [0.25, 0.3) is 5.91 Å². The summed E-state index contributed by atoms with van der Waals surface area (Å²) in [7, 11) is 1.58. The zero-order valence-corrected chi connectivity index (χ0v) is 17.7. The van der Waals surface area contributed by atoms with Gasteiger partial charge in [-0.25, -0.2) is 0 Å². The van der Waals surface area contributed by atoms with E-state index in [-0.39, 0.29) is 18.3 Å². The summed E-state index contributed by atoms with van der Waals surface area (Å²) in [5.74, 6) is 0.435. The number of nitrogens with one attached hydrogen (secondary N) is 2. The van der Waals surface area contributed by atoms with Crippen molar-refractivity contribution >= 4 is 56.6 Å². The molecule has 3 aromatic rings. The highest BCUT2D eigenvalue weighted by molar-refractivity contribution is 9.10. The number of carbonyl (C=O) groups is 1. The van der Waals surface area contributed by atoms with Crippen molar-refractivity contribution < 1.29 is 13.9 Å². The minimum atomic E-state index is -0.199. The summed E-state index contributed by atoms with van der Waals surface area (Å²) in [5.41, 5.74) is 3.10. The van der Waals surface area contributed by atoms with Crippen LogP contribution in [-0.4, -0.2) is 39.2 Å². The summed E-state index contributed by atoms with van der Waals surface area (Å²) in [4.78, 5) is 15.1. The van der Waals surface area contributed by atoms with E-state index >= 15 is 0 Å². The number of anilines is 2. The molecule has 0 unspecified atom stereocenters. The fourth-order valence-electron chi connectivity index (χ4n) is 3.28. The molecule has 1 fully saturated rings. The third-order valence-corrected chi connectivity index (χ3v) is 5.36. The smallest absolute Gasteiger partial charge is 0.256 e. The Labute approximate surface area is 177 Å². The Hall–Kier alpha value is -2.22. The van der Waals surface area contributed by atoms with Crippen molar-refractivity contribution in [1.82, 2.24) is 5.32 Å². The van der Waals surface area contributed by atoms with Crippen LogP contribution in [0, 0.1) is 0 Å². The summed E-state index contributed by atoms with van der Waals surface area (Å²) in [6.07, 6.45) is 1.68. The number of hydrogen-bond donors (Lipinski definition) is 2. The van der Waals surface area contributed by atoms with Crippen LogP contribution >= 0.6 is 28.3 Å². The van der Waals surface area contributed by atoms with E-state index in [1.165, 1.54) is 0 Å². The zero-order valence-electron chi connectivity index (χ0n) is 15.3. The highest BCUT2D eigenvalue weighted by atomic mass is 79.9. The second-order valence-electron chi connectivity index (χ2n) is 6.37. The minimum Gasteiger partial charge on any atom is -0.497 e. The van der Waals surface area contributed by atoms with Crippen LogP contribution in [0.1, 0.15) is 10.4 Å². The van der Waals surface area contributed by atoms with E-state index in [1.54, 1.807) is 31.6 Å². The number of fused-ring (bicyclic) bond motifs is 1. The predicted octanol–water partition coefficient (Wildman–Crippen LogP) is 4.29. The van der Waals surface area contributed by atoms with Gasteiger partial charge in [0.05, 0.1) is 24.6 Å². The minimum absolute atomic E-state index is 0. The van der Waals surface area contributed by atoms with Crippen LogP contribution < -0.4 is 20.3 Å². The molecule has 1 aliphatic rings. The van der Waals surface area contributed by atoms with Crippen molar-refractivity contribution in [1.29, 1.82) is 0 Å². The maximum absolute atomic E-state index is 12.8. The number of halogens is 2. The van der Waals surface area contributed by atoms with Crippen molar-refractivity contribution in [3.05, 3.63) is 52.7 Å². The average molecular weight is 467 g/mol. The van der Waals surface area contributed by atoms with Gasteiger partial charge in [-0.3, -0.25) is 4.79 Å². The van der Waals surface area contributed by atoms with E-state index < -0.39 is 0 Å². The second-order valence-corrected chi connectivity index (χ2v) is 7.23. The van der Waals surface area contributed by atoms with E-state index in [0.29, 0.717) is 15.8 Å². The number of ether oxygens (including phenoxy) is 1. The maximum Gasteiger partial charge on any atom is 0.256 e. The molecule has 0 saturated carbocycles. The fourth-order valence-corrected chi connectivity index (χ4v) is 3.71. The topological polar surface area (TPSA) is 66.7 Å². The van der Waals surface area contributed by atoms with Gasteiger partial charge < -0.3 is 24.7 Å². The van der Waals surface area contributed by atoms with Gasteiger partial charge >= 0.3 is 0 Å². The third kappa shape index (κ3) is 4.11. The summed E-state index contributed by atoms with van der Waals surface area (Å²) < 4.78 is 11.6. The number of carbonyl (C=O) groups excluding carboxylic acids is 1. The zero-order chi connectivity index (χ0) is 18.8. The lowest BCUT2D eigenvalue weighted by molar-refractivity contribution is 0.102. The molecule has 0 radical (unpaired) electrons. The van der Waals surface area contributed by atoms with Crippen molar-refractivity contribution in [3.8, 4) is 5.75 Å². The number of nitrogens with zero attached hydrogens (tertiary/aromatic N) is 1. The molecule has 1 amide bonds. The number of benzene rings is 2. The van der Waals surface area contributed by atoms with Crippen molar-refractivity contribution in [2.45, 2.75) is 0 Å². The van der Waals surface area contributed by atoms with Gasteiger partial charge in [-0.2, -0.15) is 0 Å². The summed E-state index contributed by atoms with van der Waals surface area (Å²) >= 11 is 3.44. The molecule has 148 valence electrons. The first-order chi connectivity index (χ1) is 13.2. The molecule has 0 atom stereocenters. The lowest BCUT2D eigenvalue weighted by Gasteiger charge is -2.29. The van der Waals surface area contributed by atoms with Crippen molar-refractivity contribution in [2.75, 3.05) is 43.5 Å². The number of rotatable bonds is 4. The highest BCUT2D eigenvalue weighted by Gasteiger charge is 2.18. The van der Waals surface area contributed by atoms with Gasteiger partial charge in [-0.1, -0.05) is 0 Å². The monoisotopic (exact) mass is 465 g/mol. The highest BCUT2D eigenvalue weighted by Crippen LogP contribution is 2.33. The Morgan fingerprint density at radius 3 is 2.75 bits per heavy atom. The first kappa shape index (κ1) is 20.5. The van der Waals surface area contributed by atoms with Crippen molar-refractivity contribution in [3.63, 3.8) is 0 Å². The van der Waals surface area contributed by atoms with Crippen LogP contribution in [0.2, 0.25) is 0 Å². The number of piperazine rings is 1. The van der Waals surface area contributed by atoms with E-state index in [0.717, 1.165) is 48.5 Å². The number of amides is 1. The molecule has 1 aliphatic heterocycles. The number of furan rings is 1. The quantitative estimate of drug-likeness (QED) is 0.600. The molecule has 0 aliphatic carbocycles. The molecule has 0 bridgehead atoms. The van der Waals surface area contributed by atoms with Crippen LogP contribution in [0.3, 0.4) is 0 Å². The lowest BCUT2D eigenvalue weighted by Crippen LogP contribution is -2.43. The summed E-state index contributed by atoms with van der Waals surface area (Å²) in [6, 6.07) is 11.1. The van der Waals surface area contributed by atoms with Gasteiger partial charge in [0, 0.05) is 41.7 Å². The standard InChI is InChI=1S/C20H20BrN3O3.ClH/c1-26-15-2-3-17(21)16(12-15)20(25)23-14-10-13-4-9-27-19(13)18(11-14)24-7-5-22-6-8-24;/h2-4,9-12,22H,5-8H2,1H3,(H,23,25);1H. The molecule has 28 heavy (non-hydrogen) atoms. The second kappa shape index (κ2) is 8.86. The van der Waals surface area contributed by atoms with Crippen LogP contribution in [0.5, 0.6) is 5.75 Å². The molecule has 2 N–H and O–H groups in total. The van der Waals surface area contributed by atoms with Crippen molar-refractivity contribution in [2.24, 2.45) is 0 Å². The van der Waals surface area contributed by atoms with E-state index in [1.807, 2.05) is 18.2 Å². The van der Waals surface area contributed by atoms with Gasteiger partial charge in [-0.05, 0) is 52.3 Å².